The van der Waals surface area contributed by atoms with Crippen molar-refractivity contribution in [3.05, 3.63) is 77.5 Å². The number of rotatable bonds is 8. The van der Waals surface area contributed by atoms with Crippen molar-refractivity contribution < 1.29 is 9.47 Å². The van der Waals surface area contributed by atoms with Gasteiger partial charge in [-0.3, -0.25) is 4.98 Å². The third kappa shape index (κ3) is 7.36. The molecule has 0 saturated heterocycles. The first kappa shape index (κ1) is 27.0. The average molecular weight is 489 g/mol. The van der Waals surface area contributed by atoms with Gasteiger partial charge in [-0.15, -0.1) is 24.8 Å². The molecule has 1 aromatic heterocycles. The molecule has 0 spiro atoms. The van der Waals surface area contributed by atoms with E-state index in [-0.39, 0.29) is 24.8 Å². The number of methoxy groups -OCH3 is 1. The molecule has 1 unspecified atom stereocenters. The van der Waals surface area contributed by atoms with Crippen LogP contribution in [0.5, 0.6) is 11.5 Å². The lowest BCUT2D eigenvalue weighted by atomic mass is 9.82. The van der Waals surface area contributed by atoms with Gasteiger partial charge in [-0.25, -0.2) is 0 Å². The Balaban J connectivity index is 0.00000193. The van der Waals surface area contributed by atoms with Gasteiger partial charge in [0.2, 0.25) is 0 Å². The molecule has 1 heterocycles. The van der Waals surface area contributed by atoms with Gasteiger partial charge in [0.25, 0.3) is 0 Å². The molecule has 3 aromatic rings. The van der Waals surface area contributed by atoms with E-state index in [9.17, 15) is 0 Å². The van der Waals surface area contributed by atoms with Gasteiger partial charge in [-0.05, 0) is 106 Å². The summed E-state index contributed by atoms with van der Waals surface area (Å²) in [6, 6.07) is 18.7. The summed E-state index contributed by atoms with van der Waals surface area (Å²) in [5.41, 5.74) is 6.04. The fourth-order valence-corrected chi connectivity index (χ4v) is 4.19. The maximum absolute atomic E-state index is 6.08. The minimum Gasteiger partial charge on any atom is -0.497 e. The second-order valence-electron chi connectivity index (χ2n) is 8.70. The average Bonchev–Trinajstić information content (AvgIpc) is 2.81. The Morgan fingerprint density at radius 2 is 1.70 bits per heavy atom. The normalized spacial score (nSPS) is 14.6. The number of pyridine rings is 1. The van der Waals surface area contributed by atoms with E-state index in [4.69, 9.17) is 9.47 Å². The molecule has 0 bridgehead atoms. The van der Waals surface area contributed by atoms with Gasteiger partial charge in [0, 0.05) is 17.3 Å². The molecule has 0 amide bonds. The molecule has 1 atom stereocenters. The Kier molecular flexibility index (Phi) is 10.5. The van der Waals surface area contributed by atoms with Crippen molar-refractivity contribution in [3.8, 4) is 22.8 Å². The van der Waals surface area contributed by atoms with Crippen LogP contribution in [0.15, 0.2) is 60.8 Å². The molecule has 0 aliphatic heterocycles. The first-order chi connectivity index (χ1) is 15.1. The van der Waals surface area contributed by atoms with Crippen molar-refractivity contribution in [1.82, 2.24) is 9.88 Å². The smallest absolute Gasteiger partial charge is 0.120 e. The van der Waals surface area contributed by atoms with Crippen LogP contribution in [0.2, 0.25) is 0 Å². The third-order valence-electron chi connectivity index (χ3n) is 6.11. The van der Waals surface area contributed by atoms with Gasteiger partial charge in [-0.1, -0.05) is 12.1 Å². The monoisotopic (exact) mass is 488 g/mol. The minimum atomic E-state index is 0. The van der Waals surface area contributed by atoms with E-state index in [0.29, 0.717) is 6.61 Å². The lowest BCUT2D eigenvalue weighted by Gasteiger charge is -2.26. The Morgan fingerprint density at radius 3 is 2.36 bits per heavy atom. The van der Waals surface area contributed by atoms with Crippen LogP contribution in [-0.4, -0.2) is 37.6 Å². The van der Waals surface area contributed by atoms with Crippen LogP contribution in [0.1, 0.15) is 29.5 Å². The predicted molar refractivity (Wildman–Crippen MR) is 140 cm³/mol. The van der Waals surface area contributed by atoms with Crippen molar-refractivity contribution in [2.45, 2.75) is 32.3 Å². The van der Waals surface area contributed by atoms with E-state index in [2.05, 4.69) is 48.2 Å². The summed E-state index contributed by atoms with van der Waals surface area (Å²) in [5.74, 6) is 2.60. The number of ether oxygens (including phenoxy) is 2. The number of benzene rings is 2. The Morgan fingerprint density at radius 1 is 0.939 bits per heavy atom. The molecule has 0 fully saturated rings. The van der Waals surface area contributed by atoms with Crippen LogP contribution in [-0.2, 0) is 19.4 Å². The molecular formula is C27H34Cl2N2O2. The van der Waals surface area contributed by atoms with Crippen LogP contribution in [0, 0.1) is 5.92 Å². The molecule has 0 saturated carbocycles. The summed E-state index contributed by atoms with van der Waals surface area (Å²) in [6.07, 6.45) is 6.81. The largest absolute Gasteiger partial charge is 0.497 e. The Labute approximate surface area is 210 Å². The Bertz CT molecular complexity index is 992. The van der Waals surface area contributed by atoms with Gasteiger partial charge in [0.1, 0.15) is 18.1 Å². The predicted octanol–water partition coefficient (Wildman–Crippen LogP) is 6.24. The van der Waals surface area contributed by atoms with Crippen molar-refractivity contribution in [3.63, 3.8) is 0 Å². The summed E-state index contributed by atoms with van der Waals surface area (Å²) >= 11 is 0. The second kappa shape index (κ2) is 12.8. The fraction of sp³-hybridized carbons (Fsp3) is 0.370. The zero-order valence-corrected chi connectivity index (χ0v) is 21.3. The maximum Gasteiger partial charge on any atom is 0.120 e. The van der Waals surface area contributed by atoms with E-state index in [0.717, 1.165) is 40.7 Å². The zero-order valence-electron chi connectivity index (χ0n) is 19.6. The highest BCUT2D eigenvalue weighted by Crippen LogP contribution is 2.30. The van der Waals surface area contributed by atoms with Gasteiger partial charge in [0.15, 0.2) is 0 Å². The van der Waals surface area contributed by atoms with E-state index in [1.807, 2.05) is 36.5 Å². The number of fused-ring (bicyclic) bond motifs is 1. The number of aryl methyl sites for hydroxylation is 1. The SMILES string of the molecule is COc1ccc(-c2ccc(COc3ccc4c(c3)CCC(CCN(C)C)C4)cn2)cc1.Cl.Cl. The third-order valence-corrected chi connectivity index (χ3v) is 6.11. The van der Waals surface area contributed by atoms with Crippen LogP contribution >= 0.6 is 24.8 Å². The van der Waals surface area contributed by atoms with Crippen molar-refractivity contribution in [1.29, 1.82) is 0 Å². The molecule has 33 heavy (non-hydrogen) atoms. The number of hydrogen-bond donors (Lipinski definition) is 0. The highest BCUT2D eigenvalue weighted by atomic mass is 35.5. The van der Waals surface area contributed by atoms with Crippen molar-refractivity contribution in [2.75, 3.05) is 27.7 Å². The van der Waals surface area contributed by atoms with Crippen molar-refractivity contribution >= 4 is 24.8 Å². The molecule has 2 aromatic carbocycles. The van der Waals surface area contributed by atoms with Gasteiger partial charge >= 0.3 is 0 Å². The van der Waals surface area contributed by atoms with E-state index < -0.39 is 0 Å². The van der Waals surface area contributed by atoms with Gasteiger partial charge < -0.3 is 14.4 Å². The molecule has 6 heteroatoms. The van der Waals surface area contributed by atoms with Gasteiger partial charge in [-0.2, -0.15) is 0 Å². The molecule has 1 aliphatic carbocycles. The highest BCUT2D eigenvalue weighted by Gasteiger charge is 2.19. The quantitative estimate of drug-likeness (QED) is 0.375. The van der Waals surface area contributed by atoms with E-state index in [1.54, 1.807) is 7.11 Å². The summed E-state index contributed by atoms with van der Waals surface area (Å²) in [7, 11) is 5.98. The lowest BCUT2D eigenvalue weighted by molar-refractivity contribution is 0.304. The van der Waals surface area contributed by atoms with E-state index in [1.165, 1.54) is 36.9 Å². The Hall–Kier alpha value is -2.27. The second-order valence-corrected chi connectivity index (χ2v) is 8.70. The summed E-state index contributed by atoms with van der Waals surface area (Å²) < 4.78 is 11.3. The zero-order chi connectivity index (χ0) is 21.6. The number of aromatic nitrogens is 1. The highest BCUT2D eigenvalue weighted by molar-refractivity contribution is 5.85. The van der Waals surface area contributed by atoms with Crippen LogP contribution in [0.25, 0.3) is 11.3 Å². The first-order valence-corrected chi connectivity index (χ1v) is 11.1. The molecule has 1 aliphatic rings. The number of hydrogen-bond acceptors (Lipinski definition) is 4. The molecule has 4 nitrogen and oxygen atoms in total. The van der Waals surface area contributed by atoms with E-state index >= 15 is 0 Å². The molecule has 0 N–H and O–H groups in total. The molecular weight excluding hydrogens is 455 g/mol. The number of halogens is 2. The summed E-state index contributed by atoms with van der Waals surface area (Å²) in [6.45, 7) is 1.70. The van der Waals surface area contributed by atoms with Crippen LogP contribution in [0.3, 0.4) is 0 Å². The fourth-order valence-electron chi connectivity index (χ4n) is 4.19. The number of nitrogens with zero attached hydrogens (tertiary/aromatic N) is 2. The standard InChI is InChI=1S/C27H32N2O2.2ClH/c1-29(2)15-14-20-4-6-24-17-26(12-9-23(24)16-20)31-19-21-5-13-27(28-18-21)22-7-10-25(30-3)11-8-22;;/h5,7-13,17-18,20H,4,6,14-16,19H2,1-3H3;2*1H. The topological polar surface area (TPSA) is 34.6 Å². The van der Waals surface area contributed by atoms with Gasteiger partial charge in [0.05, 0.1) is 12.8 Å². The van der Waals surface area contributed by atoms with Crippen LogP contribution < -0.4 is 9.47 Å². The summed E-state index contributed by atoms with van der Waals surface area (Å²) in [5, 5.41) is 0. The maximum atomic E-state index is 6.08. The lowest BCUT2D eigenvalue weighted by Crippen LogP contribution is -2.21. The van der Waals surface area contributed by atoms with Crippen molar-refractivity contribution in [2.24, 2.45) is 5.92 Å². The van der Waals surface area contributed by atoms with Crippen LogP contribution in [0.4, 0.5) is 0 Å². The minimum absolute atomic E-state index is 0. The molecule has 4 rings (SSSR count). The molecule has 0 radical (unpaired) electrons. The summed E-state index contributed by atoms with van der Waals surface area (Å²) in [4.78, 5) is 6.88. The first-order valence-electron chi connectivity index (χ1n) is 11.1. The molecule has 178 valence electrons.